The molecule has 0 fully saturated rings. The van der Waals surface area contributed by atoms with E-state index in [0.717, 1.165) is 5.56 Å². The minimum atomic E-state index is -0.354. The number of halogens is 1. The molecule has 0 heterocycles. The second-order valence-corrected chi connectivity index (χ2v) is 4.35. The molecule has 0 spiro atoms. The van der Waals surface area contributed by atoms with Gasteiger partial charge in [0.1, 0.15) is 5.82 Å². The number of nitrogens with two attached hydrogens (primary N) is 1. The van der Waals surface area contributed by atoms with Gasteiger partial charge >= 0.3 is 0 Å². The molecule has 0 saturated carbocycles. The molecule has 17 heavy (non-hydrogen) atoms. The zero-order chi connectivity index (χ0) is 13.0. The third-order valence-electron chi connectivity index (χ3n) is 2.34. The predicted molar refractivity (Wildman–Crippen MR) is 65.8 cm³/mol. The van der Waals surface area contributed by atoms with E-state index in [4.69, 9.17) is 5.73 Å². The number of likely N-dealkylation sites (N-methyl/N-ethyl adjacent to an activating group) is 2. The fourth-order valence-electron chi connectivity index (χ4n) is 1.51. The molecule has 1 aromatic carbocycles. The van der Waals surface area contributed by atoms with Crippen molar-refractivity contribution in [3.8, 4) is 0 Å². The standard InChI is InChI=1S/C12H18FN3O/c1-15(2)12(17)8-16(3)7-9-4-10(13)6-11(14)5-9/h4-6H,7-8,14H2,1-3H3. The van der Waals surface area contributed by atoms with Gasteiger partial charge in [-0.05, 0) is 30.8 Å². The van der Waals surface area contributed by atoms with E-state index in [0.29, 0.717) is 18.8 Å². The summed E-state index contributed by atoms with van der Waals surface area (Å²) in [6, 6.07) is 4.40. The summed E-state index contributed by atoms with van der Waals surface area (Å²) in [6.45, 7) is 0.783. The lowest BCUT2D eigenvalue weighted by molar-refractivity contribution is -0.129. The van der Waals surface area contributed by atoms with Crippen LogP contribution in [0.25, 0.3) is 0 Å². The average molecular weight is 239 g/mol. The Bertz CT molecular complexity index is 386. The van der Waals surface area contributed by atoms with Crippen LogP contribution in [0.4, 0.5) is 10.1 Å². The topological polar surface area (TPSA) is 49.6 Å². The number of rotatable bonds is 4. The van der Waals surface area contributed by atoms with Crippen molar-refractivity contribution in [3.63, 3.8) is 0 Å². The number of nitrogen functional groups attached to an aromatic ring is 1. The Hall–Kier alpha value is -1.62. The number of carbonyl (C=O) groups excluding carboxylic acids is 1. The summed E-state index contributed by atoms with van der Waals surface area (Å²) in [7, 11) is 5.22. The Labute approximate surface area is 101 Å². The normalized spacial score (nSPS) is 10.6. The smallest absolute Gasteiger partial charge is 0.236 e. The van der Waals surface area contributed by atoms with Gasteiger partial charge in [0.25, 0.3) is 0 Å². The maximum atomic E-state index is 13.1. The lowest BCUT2D eigenvalue weighted by Crippen LogP contribution is -2.34. The van der Waals surface area contributed by atoms with Gasteiger partial charge in [0.2, 0.25) is 5.91 Å². The fraction of sp³-hybridized carbons (Fsp3) is 0.417. The van der Waals surface area contributed by atoms with Crippen LogP contribution >= 0.6 is 0 Å². The molecule has 1 aromatic rings. The Morgan fingerprint density at radius 2 is 1.94 bits per heavy atom. The molecule has 0 atom stereocenters. The van der Waals surface area contributed by atoms with Gasteiger partial charge in [-0.3, -0.25) is 9.69 Å². The maximum Gasteiger partial charge on any atom is 0.236 e. The zero-order valence-electron chi connectivity index (χ0n) is 10.4. The highest BCUT2D eigenvalue weighted by Crippen LogP contribution is 2.12. The number of anilines is 1. The lowest BCUT2D eigenvalue weighted by atomic mass is 10.2. The third-order valence-corrected chi connectivity index (χ3v) is 2.34. The van der Waals surface area contributed by atoms with Crippen molar-refractivity contribution in [3.05, 3.63) is 29.6 Å². The van der Waals surface area contributed by atoms with Crippen molar-refractivity contribution in [1.29, 1.82) is 0 Å². The quantitative estimate of drug-likeness (QED) is 0.795. The van der Waals surface area contributed by atoms with Crippen molar-refractivity contribution in [2.24, 2.45) is 0 Å². The van der Waals surface area contributed by atoms with Gasteiger partial charge in [-0.2, -0.15) is 0 Å². The number of nitrogens with zero attached hydrogens (tertiary/aromatic N) is 2. The van der Waals surface area contributed by atoms with E-state index >= 15 is 0 Å². The number of benzene rings is 1. The Morgan fingerprint density at radius 1 is 1.29 bits per heavy atom. The van der Waals surface area contributed by atoms with Crippen LogP contribution in [0.5, 0.6) is 0 Å². The van der Waals surface area contributed by atoms with Crippen molar-refractivity contribution in [2.75, 3.05) is 33.4 Å². The van der Waals surface area contributed by atoms with Crippen LogP contribution in [0.2, 0.25) is 0 Å². The molecule has 0 aliphatic rings. The largest absolute Gasteiger partial charge is 0.399 e. The zero-order valence-corrected chi connectivity index (χ0v) is 10.4. The first kappa shape index (κ1) is 13.4. The molecule has 4 nitrogen and oxygen atoms in total. The summed E-state index contributed by atoms with van der Waals surface area (Å²) in [5, 5.41) is 0. The minimum Gasteiger partial charge on any atom is -0.399 e. The van der Waals surface area contributed by atoms with E-state index in [1.54, 1.807) is 20.2 Å². The fourth-order valence-corrected chi connectivity index (χ4v) is 1.51. The van der Waals surface area contributed by atoms with Gasteiger partial charge in [-0.25, -0.2) is 4.39 Å². The molecule has 0 aliphatic carbocycles. The van der Waals surface area contributed by atoms with Crippen LogP contribution < -0.4 is 5.73 Å². The Morgan fingerprint density at radius 3 is 2.47 bits per heavy atom. The molecular weight excluding hydrogens is 221 g/mol. The van der Waals surface area contributed by atoms with Crippen LogP contribution in [-0.2, 0) is 11.3 Å². The van der Waals surface area contributed by atoms with Gasteiger partial charge in [0.15, 0.2) is 0 Å². The molecule has 0 radical (unpaired) electrons. The molecule has 94 valence electrons. The molecule has 2 N–H and O–H groups in total. The monoisotopic (exact) mass is 239 g/mol. The van der Waals surface area contributed by atoms with E-state index in [2.05, 4.69) is 0 Å². The Balaban J connectivity index is 2.61. The first-order valence-electron chi connectivity index (χ1n) is 5.32. The lowest BCUT2D eigenvalue weighted by Gasteiger charge is -2.19. The molecule has 0 aliphatic heterocycles. The van der Waals surface area contributed by atoms with Crippen LogP contribution in [0, 0.1) is 5.82 Å². The van der Waals surface area contributed by atoms with Gasteiger partial charge in [0.05, 0.1) is 6.54 Å². The molecule has 1 rings (SSSR count). The molecule has 0 unspecified atom stereocenters. The van der Waals surface area contributed by atoms with E-state index in [1.165, 1.54) is 17.0 Å². The predicted octanol–water partition coefficient (Wildman–Crippen LogP) is 0.928. The summed E-state index contributed by atoms with van der Waals surface area (Å²) in [5.41, 5.74) is 6.71. The van der Waals surface area contributed by atoms with Crippen LogP contribution in [0.1, 0.15) is 5.56 Å². The second kappa shape index (κ2) is 5.63. The number of hydrogen-bond donors (Lipinski definition) is 1. The van der Waals surface area contributed by atoms with Crippen molar-refractivity contribution in [2.45, 2.75) is 6.54 Å². The highest BCUT2D eigenvalue weighted by atomic mass is 19.1. The molecule has 0 saturated heterocycles. The highest BCUT2D eigenvalue weighted by Gasteiger charge is 2.09. The first-order valence-corrected chi connectivity index (χ1v) is 5.32. The van der Waals surface area contributed by atoms with Gasteiger partial charge in [0, 0.05) is 26.3 Å². The third kappa shape index (κ3) is 4.40. The summed E-state index contributed by atoms with van der Waals surface area (Å²) >= 11 is 0. The Kier molecular flexibility index (Phi) is 4.45. The first-order chi connectivity index (χ1) is 7.88. The molecule has 0 aromatic heterocycles. The molecule has 1 amide bonds. The van der Waals surface area contributed by atoms with Gasteiger partial charge < -0.3 is 10.6 Å². The second-order valence-electron chi connectivity index (χ2n) is 4.35. The van der Waals surface area contributed by atoms with Crippen LogP contribution in [-0.4, -0.2) is 43.4 Å². The van der Waals surface area contributed by atoms with E-state index in [9.17, 15) is 9.18 Å². The van der Waals surface area contributed by atoms with Crippen LogP contribution in [0.3, 0.4) is 0 Å². The maximum absolute atomic E-state index is 13.1. The summed E-state index contributed by atoms with van der Waals surface area (Å²) in [4.78, 5) is 14.8. The molecular formula is C12H18FN3O. The average Bonchev–Trinajstić information content (AvgIpc) is 2.14. The highest BCUT2D eigenvalue weighted by molar-refractivity contribution is 5.77. The number of hydrogen-bond acceptors (Lipinski definition) is 3. The van der Waals surface area contributed by atoms with Crippen molar-refractivity contribution >= 4 is 11.6 Å². The number of amides is 1. The summed E-state index contributed by atoms with van der Waals surface area (Å²) in [6.07, 6.45) is 0. The SMILES string of the molecule is CN(CC(=O)N(C)C)Cc1cc(N)cc(F)c1. The van der Waals surface area contributed by atoms with Crippen molar-refractivity contribution < 1.29 is 9.18 Å². The summed E-state index contributed by atoms with van der Waals surface area (Å²) < 4.78 is 13.1. The molecule has 0 bridgehead atoms. The minimum absolute atomic E-state index is 0.0110. The van der Waals surface area contributed by atoms with Crippen LogP contribution in [0.15, 0.2) is 18.2 Å². The number of carbonyl (C=O) groups is 1. The summed E-state index contributed by atoms with van der Waals surface area (Å²) in [5.74, 6) is -0.343. The van der Waals surface area contributed by atoms with E-state index < -0.39 is 0 Å². The molecule has 5 heteroatoms. The van der Waals surface area contributed by atoms with Gasteiger partial charge in [-0.1, -0.05) is 0 Å². The van der Waals surface area contributed by atoms with E-state index in [1.807, 2.05) is 11.9 Å². The van der Waals surface area contributed by atoms with E-state index in [-0.39, 0.29) is 11.7 Å². The van der Waals surface area contributed by atoms with Gasteiger partial charge in [-0.15, -0.1) is 0 Å². The van der Waals surface area contributed by atoms with Crippen molar-refractivity contribution in [1.82, 2.24) is 9.80 Å².